The summed E-state index contributed by atoms with van der Waals surface area (Å²) >= 11 is 11.7. The van der Waals surface area contributed by atoms with Crippen LogP contribution in [-0.2, 0) is 4.79 Å². The van der Waals surface area contributed by atoms with E-state index in [1.165, 1.54) is 0 Å². The summed E-state index contributed by atoms with van der Waals surface area (Å²) < 4.78 is 5.41. The number of nitrogens with zero attached hydrogens (tertiary/aromatic N) is 3. The molecule has 0 spiro atoms. The van der Waals surface area contributed by atoms with E-state index in [4.69, 9.17) is 27.7 Å². The number of alkyl halides is 1. The number of hydrogen-bond acceptors (Lipinski definition) is 4. The van der Waals surface area contributed by atoms with E-state index in [-0.39, 0.29) is 11.8 Å². The first-order valence-electron chi connectivity index (χ1n) is 7.57. The molecule has 1 atom stereocenters. The normalized spacial score (nSPS) is 17.3. The number of hydrogen-bond donors (Lipinski definition) is 0. The van der Waals surface area contributed by atoms with Crippen LogP contribution in [0.5, 0.6) is 0 Å². The molecule has 23 heavy (non-hydrogen) atoms. The highest BCUT2D eigenvalue weighted by Crippen LogP contribution is 2.29. The standard InChI is InChI=1S/C16H17Cl2N3O2/c1-10(17)16(22)21-8-6-12(7-9-21)15-19-14(20-23-15)11-2-4-13(18)5-3-11/h2-5,10,12H,6-9H2,1H3/t10-/m0/s1. The van der Waals surface area contributed by atoms with Crippen molar-refractivity contribution in [1.29, 1.82) is 0 Å². The third-order valence-corrected chi connectivity index (χ3v) is 4.48. The number of carbonyl (C=O) groups is 1. The molecule has 0 saturated carbocycles. The minimum absolute atomic E-state index is 0.0162. The van der Waals surface area contributed by atoms with Crippen molar-refractivity contribution in [1.82, 2.24) is 15.0 Å². The van der Waals surface area contributed by atoms with Crippen molar-refractivity contribution in [2.45, 2.75) is 31.1 Å². The van der Waals surface area contributed by atoms with Gasteiger partial charge in [0.2, 0.25) is 17.6 Å². The third-order valence-electron chi connectivity index (χ3n) is 4.04. The second-order valence-electron chi connectivity index (χ2n) is 5.68. The molecule has 2 aromatic rings. The van der Waals surface area contributed by atoms with Crippen molar-refractivity contribution in [2.24, 2.45) is 0 Å². The van der Waals surface area contributed by atoms with Gasteiger partial charge in [0.15, 0.2) is 0 Å². The van der Waals surface area contributed by atoms with Crippen LogP contribution in [-0.4, -0.2) is 39.4 Å². The molecule has 0 aliphatic carbocycles. The Morgan fingerprint density at radius 2 is 1.96 bits per heavy atom. The lowest BCUT2D eigenvalue weighted by atomic mass is 9.96. The van der Waals surface area contributed by atoms with Crippen molar-refractivity contribution in [3.05, 3.63) is 35.2 Å². The number of likely N-dealkylation sites (tertiary alicyclic amines) is 1. The molecule has 1 fully saturated rings. The molecular formula is C16H17Cl2N3O2. The predicted molar refractivity (Wildman–Crippen MR) is 88.6 cm³/mol. The van der Waals surface area contributed by atoms with Crippen LogP contribution in [0.4, 0.5) is 0 Å². The molecule has 0 radical (unpaired) electrons. The number of benzene rings is 1. The van der Waals surface area contributed by atoms with Crippen molar-refractivity contribution in [3.63, 3.8) is 0 Å². The SMILES string of the molecule is C[C@H](Cl)C(=O)N1CCC(c2nc(-c3ccc(Cl)cc3)no2)CC1. The minimum atomic E-state index is -0.480. The van der Waals surface area contributed by atoms with E-state index in [9.17, 15) is 4.79 Å². The van der Waals surface area contributed by atoms with Crippen molar-refractivity contribution >= 4 is 29.1 Å². The number of piperidine rings is 1. The summed E-state index contributed by atoms with van der Waals surface area (Å²) in [6, 6.07) is 7.31. The molecule has 1 aliphatic heterocycles. The first-order valence-corrected chi connectivity index (χ1v) is 8.38. The van der Waals surface area contributed by atoms with E-state index < -0.39 is 5.38 Å². The van der Waals surface area contributed by atoms with Crippen molar-refractivity contribution < 1.29 is 9.32 Å². The van der Waals surface area contributed by atoms with E-state index in [0.717, 1.165) is 18.4 Å². The van der Waals surface area contributed by atoms with Gasteiger partial charge in [-0.3, -0.25) is 4.79 Å². The first-order chi connectivity index (χ1) is 11.0. The molecule has 0 unspecified atom stereocenters. The summed E-state index contributed by atoms with van der Waals surface area (Å²) in [5.41, 5.74) is 0.868. The lowest BCUT2D eigenvalue weighted by Crippen LogP contribution is -2.41. The number of halogens is 2. The van der Waals surface area contributed by atoms with Gasteiger partial charge in [-0.1, -0.05) is 16.8 Å². The third kappa shape index (κ3) is 3.67. The van der Waals surface area contributed by atoms with Crippen LogP contribution in [0.25, 0.3) is 11.4 Å². The molecule has 1 saturated heterocycles. The van der Waals surface area contributed by atoms with E-state index in [1.54, 1.807) is 24.0 Å². The Labute approximate surface area is 144 Å². The van der Waals surface area contributed by atoms with Gasteiger partial charge in [-0.15, -0.1) is 11.6 Å². The van der Waals surface area contributed by atoms with Crippen LogP contribution in [0.15, 0.2) is 28.8 Å². The van der Waals surface area contributed by atoms with Gasteiger partial charge in [0.1, 0.15) is 5.38 Å². The fourth-order valence-electron chi connectivity index (χ4n) is 2.72. The van der Waals surface area contributed by atoms with Gasteiger partial charge < -0.3 is 9.42 Å². The Kier molecular flexibility index (Phi) is 4.87. The Morgan fingerprint density at radius 1 is 1.30 bits per heavy atom. The van der Waals surface area contributed by atoms with Crippen LogP contribution in [0.3, 0.4) is 0 Å². The highest BCUT2D eigenvalue weighted by Gasteiger charge is 2.28. The maximum Gasteiger partial charge on any atom is 0.240 e. The molecule has 1 aliphatic rings. The highest BCUT2D eigenvalue weighted by atomic mass is 35.5. The van der Waals surface area contributed by atoms with Gasteiger partial charge in [0.05, 0.1) is 0 Å². The fraction of sp³-hybridized carbons (Fsp3) is 0.438. The Balaban J connectivity index is 1.66. The smallest absolute Gasteiger partial charge is 0.240 e. The van der Waals surface area contributed by atoms with Gasteiger partial charge in [-0.05, 0) is 44.0 Å². The van der Waals surface area contributed by atoms with Gasteiger partial charge in [0.25, 0.3) is 0 Å². The fourth-order valence-corrected chi connectivity index (χ4v) is 2.98. The highest BCUT2D eigenvalue weighted by molar-refractivity contribution is 6.30. The van der Waals surface area contributed by atoms with Gasteiger partial charge in [-0.2, -0.15) is 4.98 Å². The molecule has 1 aromatic heterocycles. The Morgan fingerprint density at radius 3 is 2.57 bits per heavy atom. The number of rotatable bonds is 3. The molecule has 7 heteroatoms. The first kappa shape index (κ1) is 16.3. The van der Waals surface area contributed by atoms with Gasteiger partial charge >= 0.3 is 0 Å². The summed E-state index contributed by atoms with van der Waals surface area (Å²) in [5, 5.41) is 4.23. The predicted octanol–water partition coefficient (Wildman–Crippen LogP) is 3.72. The maximum absolute atomic E-state index is 11.9. The van der Waals surface area contributed by atoms with E-state index in [2.05, 4.69) is 10.1 Å². The van der Waals surface area contributed by atoms with Crippen LogP contribution in [0.1, 0.15) is 31.6 Å². The molecule has 1 aromatic carbocycles. The number of carbonyl (C=O) groups excluding carboxylic acids is 1. The topological polar surface area (TPSA) is 59.2 Å². The molecule has 122 valence electrons. The number of aromatic nitrogens is 2. The average Bonchev–Trinajstić information content (AvgIpc) is 3.05. The van der Waals surface area contributed by atoms with Crippen molar-refractivity contribution in [2.75, 3.05) is 13.1 Å². The summed E-state index contributed by atoms with van der Waals surface area (Å²) in [4.78, 5) is 18.2. The summed E-state index contributed by atoms with van der Waals surface area (Å²) in [5.74, 6) is 1.35. The van der Waals surface area contributed by atoms with Crippen LogP contribution < -0.4 is 0 Å². The molecule has 1 amide bonds. The summed E-state index contributed by atoms with van der Waals surface area (Å²) in [7, 11) is 0. The monoisotopic (exact) mass is 353 g/mol. The van der Waals surface area contributed by atoms with Gasteiger partial charge in [0, 0.05) is 29.6 Å². The van der Waals surface area contributed by atoms with Crippen LogP contribution in [0, 0.1) is 0 Å². The second-order valence-corrected chi connectivity index (χ2v) is 6.77. The maximum atomic E-state index is 11.9. The molecular weight excluding hydrogens is 337 g/mol. The summed E-state index contributed by atoms with van der Waals surface area (Å²) in [6.45, 7) is 3.03. The number of amides is 1. The largest absolute Gasteiger partial charge is 0.341 e. The zero-order chi connectivity index (χ0) is 16.4. The van der Waals surface area contributed by atoms with Crippen LogP contribution in [0.2, 0.25) is 5.02 Å². The Bertz CT molecular complexity index is 677. The second kappa shape index (κ2) is 6.89. The quantitative estimate of drug-likeness (QED) is 0.789. The van der Waals surface area contributed by atoms with E-state index >= 15 is 0 Å². The lowest BCUT2D eigenvalue weighted by Gasteiger charge is -2.31. The molecule has 0 bridgehead atoms. The van der Waals surface area contributed by atoms with Crippen molar-refractivity contribution in [3.8, 4) is 11.4 Å². The molecule has 2 heterocycles. The molecule has 3 rings (SSSR count). The average molecular weight is 354 g/mol. The van der Waals surface area contributed by atoms with Crippen LogP contribution >= 0.6 is 23.2 Å². The molecule has 0 N–H and O–H groups in total. The minimum Gasteiger partial charge on any atom is -0.341 e. The zero-order valence-electron chi connectivity index (χ0n) is 12.7. The van der Waals surface area contributed by atoms with E-state index in [0.29, 0.717) is 29.8 Å². The zero-order valence-corrected chi connectivity index (χ0v) is 14.2. The lowest BCUT2D eigenvalue weighted by molar-refractivity contribution is -0.131. The molecule has 5 nitrogen and oxygen atoms in total. The Hall–Kier alpha value is -1.59. The van der Waals surface area contributed by atoms with Gasteiger partial charge in [-0.25, -0.2) is 0 Å². The van der Waals surface area contributed by atoms with E-state index in [1.807, 2.05) is 12.1 Å². The summed E-state index contributed by atoms with van der Waals surface area (Å²) in [6.07, 6.45) is 1.61.